The van der Waals surface area contributed by atoms with Crippen molar-refractivity contribution in [2.75, 3.05) is 0 Å². The van der Waals surface area contributed by atoms with E-state index < -0.39 is 36.7 Å². The lowest BCUT2D eigenvalue weighted by Gasteiger charge is -2.24. The second kappa shape index (κ2) is 6.00. The van der Waals surface area contributed by atoms with Crippen LogP contribution >= 0.6 is 0 Å². The van der Waals surface area contributed by atoms with Gasteiger partial charge in [0, 0.05) is 11.9 Å². The molecule has 1 aliphatic heterocycles. The van der Waals surface area contributed by atoms with Crippen LogP contribution in [-0.2, 0) is 4.74 Å². The number of nitrogens with zero attached hydrogens (tertiary/aromatic N) is 1. The van der Waals surface area contributed by atoms with Crippen molar-refractivity contribution >= 4 is 6.03 Å². The second-order valence-electron chi connectivity index (χ2n) is 4.30. The first-order chi connectivity index (χ1) is 8.75. The number of nitrogens with two attached hydrogens (primary N) is 2. The molecule has 108 valence electrons. The molecule has 0 aromatic heterocycles. The molecule has 0 unspecified atom stereocenters. The molecule has 0 saturated carbocycles. The third kappa shape index (κ3) is 3.43. The second-order valence-corrected chi connectivity index (χ2v) is 4.30. The van der Waals surface area contributed by atoms with Crippen LogP contribution in [-0.4, -0.2) is 51.9 Å². The molecular formula is C11H18FN3O4. The molecule has 0 spiro atoms. The van der Waals surface area contributed by atoms with Crippen LogP contribution in [0.3, 0.4) is 0 Å². The Kier molecular flexibility index (Phi) is 4.87. The van der Waals surface area contributed by atoms with Gasteiger partial charge in [-0.1, -0.05) is 6.58 Å². The Hall–Kier alpha value is -1.64. The van der Waals surface area contributed by atoms with E-state index in [9.17, 15) is 19.4 Å². The lowest BCUT2D eigenvalue weighted by atomic mass is 10.1. The van der Waals surface area contributed by atoms with E-state index in [4.69, 9.17) is 16.2 Å². The Morgan fingerprint density at radius 1 is 1.58 bits per heavy atom. The highest BCUT2D eigenvalue weighted by Crippen LogP contribution is 2.28. The van der Waals surface area contributed by atoms with Crippen molar-refractivity contribution in [3.8, 4) is 0 Å². The first kappa shape index (κ1) is 15.4. The van der Waals surface area contributed by atoms with Crippen LogP contribution in [0, 0.1) is 0 Å². The summed E-state index contributed by atoms with van der Waals surface area (Å²) < 4.78 is 19.0. The molecule has 0 aliphatic carbocycles. The highest BCUT2D eigenvalue weighted by Gasteiger charge is 2.49. The fraction of sp³-hybridized carbons (Fsp3) is 0.545. The van der Waals surface area contributed by atoms with E-state index in [0.717, 1.165) is 11.1 Å². The normalized spacial score (nSPS) is 32.4. The van der Waals surface area contributed by atoms with Gasteiger partial charge >= 0.3 is 6.03 Å². The van der Waals surface area contributed by atoms with Crippen LogP contribution in [0.1, 0.15) is 6.92 Å². The van der Waals surface area contributed by atoms with Crippen molar-refractivity contribution in [2.45, 2.75) is 37.6 Å². The zero-order valence-corrected chi connectivity index (χ0v) is 10.4. The molecule has 1 fully saturated rings. The molecule has 5 atom stereocenters. The molecular weight excluding hydrogens is 257 g/mol. The van der Waals surface area contributed by atoms with Gasteiger partial charge in [0.1, 0.15) is 12.2 Å². The summed E-state index contributed by atoms with van der Waals surface area (Å²) in [6.45, 7) is 4.72. The summed E-state index contributed by atoms with van der Waals surface area (Å²) in [4.78, 5) is 12.0. The van der Waals surface area contributed by atoms with Gasteiger partial charge in [0.25, 0.3) is 0 Å². The third-order valence-electron chi connectivity index (χ3n) is 2.69. The maximum absolute atomic E-state index is 13.9. The zero-order valence-electron chi connectivity index (χ0n) is 10.4. The molecule has 0 aromatic rings. The molecule has 0 bridgehead atoms. The van der Waals surface area contributed by atoms with E-state index in [1.165, 1.54) is 13.0 Å². The number of halogens is 1. The molecule has 0 aromatic carbocycles. The van der Waals surface area contributed by atoms with Crippen LogP contribution in [0.2, 0.25) is 0 Å². The fourth-order valence-corrected chi connectivity index (χ4v) is 1.74. The van der Waals surface area contributed by atoms with Crippen molar-refractivity contribution in [3.05, 3.63) is 24.6 Å². The van der Waals surface area contributed by atoms with Crippen molar-refractivity contribution in [2.24, 2.45) is 11.5 Å². The predicted octanol–water partition coefficient (Wildman–Crippen LogP) is -0.842. The largest absolute Gasteiger partial charge is 0.399 e. The van der Waals surface area contributed by atoms with E-state index in [-0.39, 0.29) is 5.70 Å². The van der Waals surface area contributed by atoms with Gasteiger partial charge in [-0.2, -0.15) is 0 Å². The number of hydrogen-bond acceptors (Lipinski definition) is 5. The van der Waals surface area contributed by atoms with Crippen molar-refractivity contribution in [1.29, 1.82) is 0 Å². The van der Waals surface area contributed by atoms with Gasteiger partial charge in [0.2, 0.25) is 0 Å². The molecule has 1 rings (SSSR count). The third-order valence-corrected chi connectivity index (χ3v) is 2.69. The zero-order chi connectivity index (χ0) is 14.7. The first-order valence-corrected chi connectivity index (χ1v) is 5.61. The lowest BCUT2D eigenvalue weighted by Crippen LogP contribution is -2.45. The standard InChI is InChI=1S/C11H18FN3O4/c1-5(13)3-4-15(11(14)18)10-7(12)8(17)9(19-10)6(2)16/h3-4,6-10,16-17H,1,13H2,2H3,(H2,14,18)/b4-3-/t6-,7+,8-,9+,10+/m0/s1. The van der Waals surface area contributed by atoms with Crippen molar-refractivity contribution in [3.63, 3.8) is 0 Å². The number of amides is 2. The number of carbonyl (C=O) groups excluding carboxylic acids is 1. The quantitative estimate of drug-likeness (QED) is 0.498. The Labute approximate surface area is 109 Å². The summed E-state index contributed by atoms with van der Waals surface area (Å²) in [5, 5.41) is 19.0. The molecule has 8 heteroatoms. The van der Waals surface area contributed by atoms with Gasteiger partial charge < -0.3 is 26.4 Å². The molecule has 6 N–H and O–H groups in total. The van der Waals surface area contributed by atoms with E-state index in [0.29, 0.717) is 0 Å². The van der Waals surface area contributed by atoms with E-state index >= 15 is 0 Å². The van der Waals surface area contributed by atoms with Crippen LogP contribution in [0.5, 0.6) is 0 Å². The monoisotopic (exact) mass is 275 g/mol. The van der Waals surface area contributed by atoms with Gasteiger partial charge in [-0.15, -0.1) is 0 Å². The summed E-state index contributed by atoms with van der Waals surface area (Å²) in [6, 6.07) is -0.983. The number of aliphatic hydroxyl groups is 2. The topological polar surface area (TPSA) is 122 Å². The van der Waals surface area contributed by atoms with E-state index in [2.05, 4.69) is 6.58 Å². The summed E-state index contributed by atoms with van der Waals surface area (Å²) in [5.41, 5.74) is 10.5. The first-order valence-electron chi connectivity index (χ1n) is 5.61. The van der Waals surface area contributed by atoms with Gasteiger partial charge in [0.05, 0.1) is 6.10 Å². The molecule has 19 heavy (non-hydrogen) atoms. The predicted molar refractivity (Wildman–Crippen MR) is 65.1 cm³/mol. The Morgan fingerprint density at radius 3 is 2.53 bits per heavy atom. The molecule has 1 aliphatic rings. The lowest BCUT2D eigenvalue weighted by molar-refractivity contribution is -0.0832. The van der Waals surface area contributed by atoms with Crippen molar-refractivity contribution < 1.29 is 24.1 Å². The number of carbonyl (C=O) groups is 1. The van der Waals surface area contributed by atoms with E-state index in [1.807, 2.05) is 0 Å². The number of rotatable bonds is 4. The number of ether oxygens (including phenoxy) is 1. The number of urea groups is 1. The van der Waals surface area contributed by atoms with Crippen LogP contribution in [0.15, 0.2) is 24.6 Å². The average Bonchev–Trinajstić information content (AvgIpc) is 2.57. The molecule has 1 saturated heterocycles. The number of hydrogen-bond donors (Lipinski definition) is 4. The van der Waals surface area contributed by atoms with Crippen LogP contribution in [0.4, 0.5) is 9.18 Å². The Bertz CT molecular complexity index is 388. The van der Waals surface area contributed by atoms with Gasteiger partial charge in [-0.3, -0.25) is 4.90 Å². The Morgan fingerprint density at radius 2 is 2.16 bits per heavy atom. The molecule has 0 radical (unpaired) electrons. The SMILES string of the molecule is C=C(N)/C=C\N(C(N)=O)[C@@H]1O[C@H]([C@H](C)O)[C@@H](O)[C@H]1F. The van der Waals surface area contributed by atoms with Crippen LogP contribution < -0.4 is 11.5 Å². The van der Waals surface area contributed by atoms with Crippen LogP contribution in [0.25, 0.3) is 0 Å². The summed E-state index contributed by atoms with van der Waals surface area (Å²) in [6.07, 6.45) is -4.77. The van der Waals surface area contributed by atoms with E-state index in [1.54, 1.807) is 0 Å². The number of primary amides is 1. The maximum atomic E-state index is 13.9. The summed E-state index contributed by atoms with van der Waals surface area (Å²) in [7, 11) is 0. The number of alkyl halides is 1. The molecule has 2 amide bonds. The highest BCUT2D eigenvalue weighted by molar-refractivity contribution is 5.73. The average molecular weight is 275 g/mol. The van der Waals surface area contributed by atoms with Gasteiger partial charge in [0.15, 0.2) is 12.4 Å². The van der Waals surface area contributed by atoms with Gasteiger partial charge in [-0.25, -0.2) is 9.18 Å². The van der Waals surface area contributed by atoms with Crippen molar-refractivity contribution in [1.82, 2.24) is 4.90 Å². The number of allylic oxidation sites excluding steroid dienone is 1. The highest BCUT2D eigenvalue weighted by atomic mass is 19.1. The fourth-order valence-electron chi connectivity index (χ4n) is 1.74. The molecule has 1 heterocycles. The Balaban J connectivity index is 2.92. The minimum atomic E-state index is -1.90. The summed E-state index contributed by atoms with van der Waals surface area (Å²) >= 11 is 0. The minimum absolute atomic E-state index is 0.132. The number of aliphatic hydroxyl groups excluding tert-OH is 2. The minimum Gasteiger partial charge on any atom is -0.399 e. The molecule has 7 nitrogen and oxygen atoms in total. The smallest absolute Gasteiger partial charge is 0.321 e. The summed E-state index contributed by atoms with van der Waals surface area (Å²) in [5.74, 6) is 0. The maximum Gasteiger partial charge on any atom is 0.321 e. The van der Waals surface area contributed by atoms with Gasteiger partial charge in [-0.05, 0) is 13.0 Å².